The zero-order valence-electron chi connectivity index (χ0n) is 20.0. The van der Waals surface area contributed by atoms with Gasteiger partial charge in [-0.25, -0.2) is 0 Å². The van der Waals surface area contributed by atoms with Crippen LogP contribution < -0.4 is 19.5 Å². The third kappa shape index (κ3) is 5.68. The van der Waals surface area contributed by atoms with Crippen molar-refractivity contribution in [3.63, 3.8) is 0 Å². The summed E-state index contributed by atoms with van der Waals surface area (Å²) >= 11 is 0. The first-order valence-electron chi connectivity index (χ1n) is 12.3. The second-order valence-corrected chi connectivity index (χ2v) is 9.20. The molecule has 1 N–H and O–H groups in total. The van der Waals surface area contributed by atoms with Gasteiger partial charge >= 0.3 is 0 Å². The summed E-state index contributed by atoms with van der Waals surface area (Å²) in [4.78, 5) is 12.7. The molecule has 0 aromatic heterocycles. The van der Waals surface area contributed by atoms with Crippen molar-refractivity contribution in [1.82, 2.24) is 5.32 Å². The highest BCUT2D eigenvalue weighted by Gasteiger charge is 2.26. The first-order chi connectivity index (χ1) is 17.2. The van der Waals surface area contributed by atoms with Crippen LogP contribution in [-0.2, 0) is 4.79 Å². The van der Waals surface area contributed by atoms with Gasteiger partial charge < -0.3 is 19.5 Å². The lowest BCUT2D eigenvalue weighted by atomic mass is 9.87. The van der Waals surface area contributed by atoms with Gasteiger partial charge in [-0.1, -0.05) is 36.4 Å². The molecule has 1 atom stereocenters. The van der Waals surface area contributed by atoms with Gasteiger partial charge in [0, 0.05) is 18.0 Å². The molecule has 1 aliphatic heterocycles. The average Bonchev–Trinajstić information content (AvgIpc) is 3.39. The molecule has 180 valence electrons. The van der Waals surface area contributed by atoms with Crippen LogP contribution in [0.5, 0.6) is 23.0 Å². The van der Waals surface area contributed by atoms with Crippen molar-refractivity contribution in [3.8, 4) is 23.0 Å². The topological polar surface area (TPSA) is 56.8 Å². The van der Waals surface area contributed by atoms with Crippen molar-refractivity contribution in [3.05, 3.63) is 89.5 Å². The van der Waals surface area contributed by atoms with Crippen molar-refractivity contribution in [2.45, 2.75) is 44.1 Å². The van der Waals surface area contributed by atoms with Crippen LogP contribution in [0.2, 0.25) is 0 Å². The Bertz CT molecular complexity index is 1200. The standard InChI is InChI=1S/C30H31NO4/c1-33-28-15-14-22(19-29(28)35-26-11-5-6-12-26)24-18-23(30(32)31-20-24)16-21-8-7-13-27(17-21)34-25-9-3-2-4-10-25/h2-4,7-10,13-17,19,24,26H,5-6,11-12,18,20H2,1H3,(H,31,32)/t24-/m1/s1. The van der Waals surface area contributed by atoms with Gasteiger partial charge in [-0.3, -0.25) is 4.79 Å². The molecule has 5 rings (SSSR count). The molecule has 1 aliphatic carbocycles. The summed E-state index contributed by atoms with van der Waals surface area (Å²) in [5.41, 5.74) is 2.84. The van der Waals surface area contributed by atoms with Crippen LogP contribution in [0.3, 0.4) is 0 Å². The molecule has 1 saturated carbocycles. The van der Waals surface area contributed by atoms with Crippen molar-refractivity contribution in [2.75, 3.05) is 13.7 Å². The van der Waals surface area contributed by atoms with Crippen LogP contribution in [0.1, 0.15) is 49.1 Å². The molecule has 2 fully saturated rings. The van der Waals surface area contributed by atoms with Crippen LogP contribution in [0.25, 0.3) is 6.08 Å². The largest absolute Gasteiger partial charge is 0.493 e. The Morgan fingerprint density at radius 1 is 0.886 bits per heavy atom. The van der Waals surface area contributed by atoms with E-state index in [2.05, 4.69) is 17.4 Å². The predicted octanol–water partition coefficient (Wildman–Crippen LogP) is 6.50. The SMILES string of the molecule is COc1ccc([C@H]2CNC(=O)C(=Cc3cccc(Oc4ccccc4)c3)C2)cc1OC1CCCC1. The van der Waals surface area contributed by atoms with E-state index in [1.54, 1.807) is 7.11 Å². The highest BCUT2D eigenvalue weighted by Crippen LogP contribution is 2.37. The van der Waals surface area contributed by atoms with Crippen LogP contribution in [0.4, 0.5) is 0 Å². The number of hydrogen-bond donors (Lipinski definition) is 1. The number of para-hydroxylation sites is 1. The van der Waals surface area contributed by atoms with E-state index < -0.39 is 0 Å². The van der Waals surface area contributed by atoms with Gasteiger partial charge in [0.25, 0.3) is 0 Å². The molecular formula is C30H31NO4. The maximum atomic E-state index is 12.7. The normalized spacial score (nSPS) is 19.4. The summed E-state index contributed by atoms with van der Waals surface area (Å²) in [7, 11) is 1.67. The van der Waals surface area contributed by atoms with E-state index in [9.17, 15) is 4.79 Å². The number of amides is 1. The minimum atomic E-state index is -0.0217. The van der Waals surface area contributed by atoms with E-state index in [-0.39, 0.29) is 17.9 Å². The first-order valence-corrected chi connectivity index (χ1v) is 12.3. The van der Waals surface area contributed by atoms with Crippen molar-refractivity contribution >= 4 is 12.0 Å². The highest BCUT2D eigenvalue weighted by atomic mass is 16.5. The molecule has 0 radical (unpaired) electrons. The lowest BCUT2D eigenvalue weighted by Crippen LogP contribution is -2.35. The molecule has 1 amide bonds. The molecular weight excluding hydrogens is 438 g/mol. The van der Waals surface area contributed by atoms with Crippen LogP contribution in [0, 0.1) is 0 Å². The molecule has 3 aromatic carbocycles. The van der Waals surface area contributed by atoms with E-state index in [1.807, 2.05) is 66.7 Å². The molecule has 1 heterocycles. The Hall–Kier alpha value is -3.73. The second kappa shape index (κ2) is 10.7. The van der Waals surface area contributed by atoms with Gasteiger partial charge in [-0.2, -0.15) is 0 Å². The lowest BCUT2D eigenvalue weighted by molar-refractivity contribution is -0.118. The number of carbonyl (C=O) groups is 1. The molecule has 1 saturated heterocycles. The molecule has 35 heavy (non-hydrogen) atoms. The third-order valence-corrected chi connectivity index (χ3v) is 6.70. The lowest BCUT2D eigenvalue weighted by Gasteiger charge is -2.26. The molecule has 3 aromatic rings. The third-order valence-electron chi connectivity index (χ3n) is 6.70. The van der Waals surface area contributed by atoms with E-state index in [1.165, 1.54) is 12.8 Å². The van der Waals surface area contributed by atoms with E-state index in [0.717, 1.165) is 52.5 Å². The number of piperidine rings is 1. The van der Waals surface area contributed by atoms with Crippen LogP contribution in [0.15, 0.2) is 78.4 Å². The van der Waals surface area contributed by atoms with Gasteiger partial charge in [-0.05, 0) is 85.7 Å². The first kappa shape index (κ1) is 23.0. The fourth-order valence-electron chi connectivity index (χ4n) is 4.84. The van der Waals surface area contributed by atoms with Gasteiger partial charge in [0.2, 0.25) is 5.91 Å². The summed E-state index contributed by atoms with van der Waals surface area (Å²) in [6.45, 7) is 0.600. The molecule has 5 heteroatoms. The number of hydrogen-bond acceptors (Lipinski definition) is 4. The Labute approximate surface area is 206 Å². The smallest absolute Gasteiger partial charge is 0.247 e. The Balaban J connectivity index is 1.34. The number of ether oxygens (including phenoxy) is 3. The number of rotatable bonds is 7. The quantitative estimate of drug-likeness (QED) is 0.402. The predicted molar refractivity (Wildman–Crippen MR) is 137 cm³/mol. The number of benzene rings is 3. The Morgan fingerprint density at radius 3 is 2.49 bits per heavy atom. The van der Waals surface area contributed by atoms with Gasteiger partial charge in [0.05, 0.1) is 13.2 Å². The van der Waals surface area contributed by atoms with E-state index >= 15 is 0 Å². The van der Waals surface area contributed by atoms with E-state index in [0.29, 0.717) is 13.0 Å². The zero-order valence-corrected chi connectivity index (χ0v) is 20.0. The van der Waals surface area contributed by atoms with E-state index in [4.69, 9.17) is 14.2 Å². The Morgan fingerprint density at radius 2 is 1.69 bits per heavy atom. The Kier molecular flexibility index (Phi) is 7.03. The number of methoxy groups -OCH3 is 1. The number of carbonyl (C=O) groups excluding carboxylic acids is 1. The van der Waals surface area contributed by atoms with Gasteiger partial charge in [0.1, 0.15) is 11.5 Å². The van der Waals surface area contributed by atoms with Crippen LogP contribution in [-0.4, -0.2) is 25.7 Å². The summed E-state index contributed by atoms with van der Waals surface area (Å²) < 4.78 is 17.8. The van der Waals surface area contributed by atoms with Gasteiger partial charge in [0.15, 0.2) is 11.5 Å². The van der Waals surface area contributed by atoms with Crippen LogP contribution >= 0.6 is 0 Å². The fraction of sp³-hybridized carbons (Fsp3) is 0.300. The van der Waals surface area contributed by atoms with Crippen molar-refractivity contribution < 1.29 is 19.0 Å². The molecule has 0 bridgehead atoms. The van der Waals surface area contributed by atoms with Crippen molar-refractivity contribution in [1.29, 1.82) is 0 Å². The van der Waals surface area contributed by atoms with Gasteiger partial charge in [-0.15, -0.1) is 0 Å². The second-order valence-electron chi connectivity index (χ2n) is 9.20. The number of nitrogens with one attached hydrogen (secondary N) is 1. The highest BCUT2D eigenvalue weighted by molar-refractivity contribution is 5.98. The minimum Gasteiger partial charge on any atom is -0.493 e. The zero-order chi connectivity index (χ0) is 24.0. The summed E-state index contributed by atoms with van der Waals surface area (Å²) in [6.07, 6.45) is 7.48. The van der Waals surface area contributed by atoms with Crippen molar-refractivity contribution in [2.24, 2.45) is 0 Å². The summed E-state index contributed by atoms with van der Waals surface area (Å²) in [5.74, 6) is 3.22. The monoisotopic (exact) mass is 469 g/mol. The maximum absolute atomic E-state index is 12.7. The molecule has 0 spiro atoms. The fourth-order valence-corrected chi connectivity index (χ4v) is 4.84. The molecule has 2 aliphatic rings. The maximum Gasteiger partial charge on any atom is 0.247 e. The minimum absolute atomic E-state index is 0.0217. The molecule has 5 nitrogen and oxygen atoms in total. The molecule has 0 unspecified atom stereocenters. The summed E-state index contributed by atoms with van der Waals surface area (Å²) in [5, 5.41) is 3.07. The average molecular weight is 470 g/mol. The summed E-state index contributed by atoms with van der Waals surface area (Å²) in [6, 6.07) is 23.6.